The van der Waals surface area contributed by atoms with Crippen LogP contribution in [0.15, 0.2) is 24.3 Å². The highest BCUT2D eigenvalue weighted by molar-refractivity contribution is 5.75. The van der Waals surface area contributed by atoms with Gasteiger partial charge in [0.15, 0.2) is 0 Å². The maximum atomic E-state index is 10.7. The Morgan fingerprint density at radius 2 is 2.05 bits per heavy atom. The quantitative estimate of drug-likeness (QED) is 0.694. The van der Waals surface area contributed by atoms with Gasteiger partial charge in [0.25, 0.3) is 0 Å². The third kappa shape index (κ3) is 6.46. The number of benzene rings is 1. The van der Waals surface area contributed by atoms with Gasteiger partial charge in [-0.2, -0.15) is 0 Å². The van der Waals surface area contributed by atoms with Gasteiger partial charge in [-0.25, -0.2) is 0 Å². The molecule has 0 saturated heterocycles. The molecule has 102 valence electrons. The van der Waals surface area contributed by atoms with E-state index in [-0.39, 0.29) is 12.5 Å². The maximum Gasteiger partial charge on any atom is 0.231 e. The molecule has 0 aliphatic rings. The van der Waals surface area contributed by atoms with Crippen LogP contribution >= 0.6 is 0 Å². The number of carbonyl (C=O) groups excluding carboxylic acids is 1. The van der Waals surface area contributed by atoms with Crippen LogP contribution in [0.5, 0.6) is 5.75 Å². The monoisotopic (exact) mass is 261 g/mol. The molecule has 0 saturated carbocycles. The number of nitrogens with two attached hydrogens (primary N) is 2. The zero-order valence-electron chi connectivity index (χ0n) is 11.1. The summed E-state index contributed by atoms with van der Waals surface area (Å²) in [6, 6.07) is 7.47. The molecule has 5 nitrogen and oxygen atoms in total. The Bertz CT molecular complexity index is 460. The molecule has 0 aliphatic carbocycles. The van der Waals surface area contributed by atoms with Crippen molar-refractivity contribution in [2.75, 3.05) is 33.3 Å². The van der Waals surface area contributed by atoms with Gasteiger partial charge in [-0.3, -0.25) is 9.69 Å². The van der Waals surface area contributed by atoms with Crippen LogP contribution in [0, 0.1) is 11.8 Å². The molecule has 0 atom stereocenters. The van der Waals surface area contributed by atoms with Gasteiger partial charge in [0, 0.05) is 12.1 Å². The Morgan fingerprint density at radius 3 is 2.63 bits per heavy atom. The second-order valence-corrected chi connectivity index (χ2v) is 4.08. The van der Waals surface area contributed by atoms with Crippen LogP contribution in [0.4, 0.5) is 0 Å². The zero-order chi connectivity index (χ0) is 14.1. The molecule has 0 radical (unpaired) electrons. The lowest BCUT2D eigenvalue weighted by Gasteiger charge is -2.14. The summed E-state index contributed by atoms with van der Waals surface area (Å²) in [5.74, 6) is 6.15. The number of likely N-dealkylation sites (N-methyl/N-ethyl adjacent to an activating group) is 1. The molecule has 0 spiro atoms. The van der Waals surface area contributed by atoms with Crippen molar-refractivity contribution < 1.29 is 9.53 Å². The SMILES string of the molecule is CN(CCOc1ccc(C#CCN)cc1)CC(N)=O. The molecule has 1 rings (SSSR count). The van der Waals surface area contributed by atoms with Crippen LogP contribution in [0.2, 0.25) is 0 Å². The minimum absolute atomic E-state index is 0.233. The molecule has 0 aliphatic heterocycles. The van der Waals surface area contributed by atoms with E-state index >= 15 is 0 Å². The fraction of sp³-hybridized carbons (Fsp3) is 0.357. The first-order chi connectivity index (χ1) is 9.11. The van der Waals surface area contributed by atoms with Gasteiger partial charge in [0.2, 0.25) is 5.91 Å². The molecule has 4 N–H and O–H groups in total. The van der Waals surface area contributed by atoms with Crippen LogP contribution < -0.4 is 16.2 Å². The van der Waals surface area contributed by atoms with Crippen molar-refractivity contribution in [1.82, 2.24) is 4.90 Å². The molecular formula is C14H19N3O2. The second kappa shape index (κ2) is 8.14. The van der Waals surface area contributed by atoms with Gasteiger partial charge in [0.05, 0.1) is 13.1 Å². The first-order valence-corrected chi connectivity index (χ1v) is 6.00. The highest BCUT2D eigenvalue weighted by Gasteiger charge is 2.02. The van der Waals surface area contributed by atoms with E-state index in [0.717, 1.165) is 11.3 Å². The Morgan fingerprint density at radius 1 is 1.37 bits per heavy atom. The summed E-state index contributed by atoms with van der Waals surface area (Å²) in [6.45, 7) is 1.72. The number of rotatable bonds is 6. The Balaban J connectivity index is 2.35. The fourth-order valence-corrected chi connectivity index (χ4v) is 1.45. The first kappa shape index (κ1) is 15.0. The van der Waals surface area contributed by atoms with Crippen LogP contribution in [-0.4, -0.2) is 44.1 Å². The van der Waals surface area contributed by atoms with Crippen LogP contribution in [0.25, 0.3) is 0 Å². The lowest BCUT2D eigenvalue weighted by Crippen LogP contribution is -2.33. The van der Waals surface area contributed by atoms with Crippen molar-refractivity contribution in [1.29, 1.82) is 0 Å². The molecule has 19 heavy (non-hydrogen) atoms. The zero-order valence-corrected chi connectivity index (χ0v) is 11.1. The van der Waals surface area contributed by atoms with Gasteiger partial charge < -0.3 is 16.2 Å². The number of amides is 1. The van der Waals surface area contributed by atoms with Crippen LogP contribution in [0.1, 0.15) is 5.56 Å². The number of hydrogen-bond donors (Lipinski definition) is 2. The van der Waals surface area contributed by atoms with E-state index in [2.05, 4.69) is 11.8 Å². The predicted molar refractivity (Wildman–Crippen MR) is 74.6 cm³/mol. The molecule has 1 amide bonds. The summed E-state index contributed by atoms with van der Waals surface area (Å²) in [7, 11) is 1.82. The normalized spacial score (nSPS) is 9.84. The predicted octanol–water partition coefficient (Wildman–Crippen LogP) is -0.207. The second-order valence-electron chi connectivity index (χ2n) is 4.08. The standard InChI is InChI=1S/C14H19N3O2/c1-17(11-14(16)18)9-10-19-13-6-4-12(5-7-13)3-2-8-15/h4-7H,8-11,15H2,1H3,(H2,16,18). The number of carbonyl (C=O) groups is 1. The van der Waals surface area contributed by atoms with Crippen molar-refractivity contribution in [3.63, 3.8) is 0 Å². The van der Waals surface area contributed by atoms with E-state index in [0.29, 0.717) is 19.7 Å². The largest absolute Gasteiger partial charge is 0.492 e. The molecular weight excluding hydrogens is 242 g/mol. The summed E-state index contributed by atoms with van der Waals surface area (Å²) in [5, 5.41) is 0. The van der Waals surface area contributed by atoms with Crippen molar-refractivity contribution in [2.45, 2.75) is 0 Å². The van der Waals surface area contributed by atoms with Crippen molar-refractivity contribution >= 4 is 5.91 Å². The molecule has 0 unspecified atom stereocenters. The average Bonchev–Trinajstić information content (AvgIpc) is 2.37. The Labute approximate surface area is 113 Å². The summed E-state index contributed by atoms with van der Waals surface area (Å²) in [4.78, 5) is 12.5. The van der Waals surface area contributed by atoms with Gasteiger partial charge in [-0.05, 0) is 31.3 Å². The smallest absolute Gasteiger partial charge is 0.231 e. The molecule has 0 bridgehead atoms. The van der Waals surface area contributed by atoms with Gasteiger partial charge in [0.1, 0.15) is 12.4 Å². The minimum atomic E-state index is -0.342. The van der Waals surface area contributed by atoms with Gasteiger partial charge in [-0.1, -0.05) is 11.8 Å². The maximum absolute atomic E-state index is 10.7. The van der Waals surface area contributed by atoms with E-state index in [9.17, 15) is 4.79 Å². The highest BCUT2D eigenvalue weighted by atomic mass is 16.5. The molecule has 5 heteroatoms. The first-order valence-electron chi connectivity index (χ1n) is 6.00. The number of hydrogen-bond acceptors (Lipinski definition) is 4. The van der Waals surface area contributed by atoms with E-state index in [1.807, 2.05) is 36.2 Å². The Kier molecular flexibility index (Phi) is 6.44. The molecule has 1 aromatic rings. The molecule has 0 aromatic heterocycles. The van der Waals surface area contributed by atoms with E-state index < -0.39 is 0 Å². The lowest BCUT2D eigenvalue weighted by molar-refractivity contribution is -0.118. The highest BCUT2D eigenvalue weighted by Crippen LogP contribution is 2.11. The molecule has 0 heterocycles. The average molecular weight is 261 g/mol. The summed E-state index contributed by atoms with van der Waals surface area (Å²) >= 11 is 0. The fourth-order valence-electron chi connectivity index (χ4n) is 1.45. The van der Waals surface area contributed by atoms with Gasteiger partial charge >= 0.3 is 0 Å². The van der Waals surface area contributed by atoms with Crippen LogP contribution in [0.3, 0.4) is 0 Å². The van der Waals surface area contributed by atoms with Crippen molar-refractivity contribution in [3.05, 3.63) is 29.8 Å². The number of primary amides is 1. The topological polar surface area (TPSA) is 81.6 Å². The Hall–Kier alpha value is -2.03. The molecule has 0 fully saturated rings. The summed E-state index contributed by atoms with van der Waals surface area (Å²) < 4.78 is 5.55. The summed E-state index contributed by atoms with van der Waals surface area (Å²) in [5.41, 5.74) is 11.3. The third-order valence-electron chi connectivity index (χ3n) is 2.36. The van der Waals surface area contributed by atoms with Crippen molar-refractivity contribution in [2.24, 2.45) is 11.5 Å². The van der Waals surface area contributed by atoms with Crippen molar-refractivity contribution in [3.8, 4) is 17.6 Å². The minimum Gasteiger partial charge on any atom is -0.492 e. The van der Waals surface area contributed by atoms with Gasteiger partial charge in [-0.15, -0.1) is 0 Å². The number of nitrogens with zero attached hydrogens (tertiary/aromatic N) is 1. The third-order valence-corrected chi connectivity index (χ3v) is 2.36. The van der Waals surface area contributed by atoms with Crippen LogP contribution in [-0.2, 0) is 4.79 Å². The number of ether oxygens (including phenoxy) is 1. The summed E-state index contributed by atoms with van der Waals surface area (Å²) in [6.07, 6.45) is 0. The lowest BCUT2D eigenvalue weighted by atomic mass is 10.2. The van der Waals surface area contributed by atoms with E-state index in [4.69, 9.17) is 16.2 Å². The van der Waals surface area contributed by atoms with E-state index in [1.165, 1.54) is 0 Å². The van der Waals surface area contributed by atoms with E-state index in [1.54, 1.807) is 0 Å². The molecule has 1 aromatic carbocycles.